The van der Waals surface area contributed by atoms with Crippen molar-refractivity contribution in [2.45, 2.75) is 19.1 Å². The lowest BCUT2D eigenvalue weighted by Crippen LogP contribution is -2.40. The zero-order valence-electron chi connectivity index (χ0n) is 8.16. The van der Waals surface area contributed by atoms with E-state index in [9.17, 15) is 0 Å². The Labute approximate surface area is 92.8 Å². The van der Waals surface area contributed by atoms with Gasteiger partial charge in [0.25, 0.3) is 0 Å². The quantitative estimate of drug-likeness (QED) is 0.833. The SMILES string of the molecule is CC1COC(c2cccc(Br)c2)CN1. The van der Waals surface area contributed by atoms with Gasteiger partial charge in [-0.25, -0.2) is 0 Å². The second-order valence-corrected chi connectivity index (χ2v) is 4.60. The van der Waals surface area contributed by atoms with Crippen molar-refractivity contribution in [2.75, 3.05) is 13.2 Å². The van der Waals surface area contributed by atoms with E-state index in [-0.39, 0.29) is 6.10 Å². The highest BCUT2D eigenvalue weighted by atomic mass is 79.9. The lowest BCUT2D eigenvalue weighted by atomic mass is 10.1. The van der Waals surface area contributed by atoms with Crippen LogP contribution >= 0.6 is 15.9 Å². The maximum Gasteiger partial charge on any atom is 0.0950 e. The molecular formula is C11H14BrNO. The third-order valence-corrected chi connectivity index (χ3v) is 2.91. The molecule has 0 bridgehead atoms. The van der Waals surface area contributed by atoms with Gasteiger partial charge in [0.15, 0.2) is 0 Å². The summed E-state index contributed by atoms with van der Waals surface area (Å²) in [7, 11) is 0. The van der Waals surface area contributed by atoms with Crippen LogP contribution in [0.5, 0.6) is 0 Å². The molecule has 1 aliphatic heterocycles. The molecule has 3 heteroatoms. The molecule has 1 fully saturated rings. The molecule has 76 valence electrons. The van der Waals surface area contributed by atoms with Gasteiger partial charge >= 0.3 is 0 Å². The van der Waals surface area contributed by atoms with Crippen LogP contribution in [0, 0.1) is 0 Å². The van der Waals surface area contributed by atoms with Gasteiger partial charge in [0, 0.05) is 17.1 Å². The molecular weight excluding hydrogens is 242 g/mol. The van der Waals surface area contributed by atoms with Crippen LogP contribution in [0.3, 0.4) is 0 Å². The van der Waals surface area contributed by atoms with Gasteiger partial charge in [0.1, 0.15) is 0 Å². The summed E-state index contributed by atoms with van der Waals surface area (Å²) in [5.41, 5.74) is 1.23. The Bertz CT molecular complexity index is 308. The number of nitrogens with one attached hydrogen (secondary N) is 1. The van der Waals surface area contributed by atoms with Crippen molar-refractivity contribution >= 4 is 15.9 Å². The van der Waals surface area contributed by atoms with Crippen LogP contribution in [0.4, 0.5) is 0 Å². The van der Waals surface area contributed by atoms with Crippen LogP contribution in [0.2, 0.25) is 0 Å². The maximum absolute atomic E-state index is 5.75. The van der Waals surface area contributed by atoms with Crippen LogP contribution in [-0.4, -0.2) is 19.2 Å². The number of hydrogen-bond acceptors (Lipinski definition) is 2. The number of hydrogen-bond donors (Lipinski definition) is 1. The largest absolute Gasteiger partial charge is 0.371 e. The third-order valence-electron chi connectivity index (χ3n) is 2.42. The van der Waals surface area contributed by atoms with Crippen molar-refractivity contribution in [2.24, 2.45) is 0 Å². The summed E-state index contributed by atoms with van der Waals surface area (Å²) in [5, 5.41) is 3.41. The molecule has 0 radical (unpaired) electrons. The van der Waals surface area contributed by atoms with Crippen LogP contribution < -0.4 is 5.32 Å². The van der Waals surface area contributed by atoms with E-state index < -0.39 is 0 Å². The highest BCUT2D eigenvalue weighted by molar-refractivity contribution is 9.10. The minimum absolute atomic E-state index is 0.198. The zero-order chi connectivity index (χ0) is 9.97. The molecule has 0 aromatic heterocycles. The van der Waals surface area contributed by atoms with Crippen LogP contribution in [-0.2, 0) is 4.74 Å². The molecule has 0 saturated carbocycles. The number of rotatable bonds is 1. The highest BCUT2D eigenvalue weighted by Crippen LogP contribution is 2.22. The standard InChI is InChI=1S/C11H14BrNO/c1-8-7-14-11(6-13-8)9-3-2-4-10(12)5-9/h2-5,8,11,13H,6-7H2,1H3. The second kappa shape index (κ2) is 4.43. The van der Waals surface area contributed by atoms with Crippen molar-refractivity contribution in [3.8, 4) is 0 Å². The maximum atomic E-state index is 5.75. The van der Waals surface area contributed by atoms with Crippen LogP contribution in [0.15, 0.2) is 28.7 Å². The molecule has 1 saturated heterocycles. The normalized spacial score (nSPS) is 27.6. The van der Waals surface area contributed by atoms with E-state index in [0.717, 1.165) is 17.6 Å². The molecule has 1 aromatic rings. The first kappa shape index (κ1) is 10.1. The minimum Gasteiger partial charge on any atom is -0.371 e. The average Bonchev–Trinajstić information content (AvgIpc) is 2.19. The zero-order valence-corrected chi connectivity index (χ0v) is 9.75. The van der Waals surface area contributed by atoms with Gasteiger partial charge in [0.2, 0.25) is 0 Å². The van der Waals surface area contributed by atoms with Gasteiger partial charge in [-0.15, -0.1) is 0 Å². The Kier molecular flexibility index (Phi) is 3.21. The molecule has 0 aliphatic carbocycles. The van der Waals surface area contributed by atoms with Gasteiger partial charge in [-0.1, -0.05) is 28.1 Å². The van der Waals surface area contributed by atoms with Gasteiger partial charge in [-0.2, -0.15) is 0 Å². The van der Waals surface area contributed by atoms with E-state index >= 15 is 0 Å². The molecule has 2 nitrogen and oxygen atoms in total. The number of halogens is 1. The van der Waals surface area contributed by atoms with Gasteiger partial charge in [-0.3, -0.25) is 0 Å². The molecule has 14 heavy (non-hydrogen) atoms. The Morgan fingerprint density at radius 1 is 1.50 bits per heavy atom. The monoisotopic (exact) mass is 255 g/mol. The number of benzene rings is 1. The fourth-order valence-electron chi connectivity index (χ4n) is 1.61. The summed E-state index contributed by atoms with van der Waals surface area (Å²) < 4.78 is 6.86. The fourth-order valence-corrected chi connectivity index (χ4v) is 2.02. The summed E-state index contributed by atoms with van der Waals surface area (Å²) in [4.78, 5) is 0. The van der Waals surface area contributed by atoms with Crippen molar-refractivity contribution in [3.63, 3.8) is 0 Å². The smallest absolute Gasteiger partial charge is 0.0950 e. The van der Waals surface area contributed by atoms with Crippen molar-refractivity contribution in [3.05, 3.63) is 34.3 Å². The van der Waals surface area contributed by atoms with Crippen molar-refractivity contribution < 1.29 is 4.74 Å². The molecule has 0 amide bonds. The van der Waals surface area contributed by atoms with E-state index in [1.54, 1.807) is 0 Å². The molecule has 1 aliphatic rings. The highest BCUT2D eigenvalue weighted by Gasteiger charge is 2.19. The Balaban J connectivity index is 2.08. The molecule has 2 atom stereocenters. The van der Waals surface area contributed by atoms with E-state index in [1.807, 2.05) is 12.1 Å². The van der Waals surface area contributed by atoms with E-state index in [2.05, 4.69) is 40.3 Å². The van der Waals surface area contributed by atoms with E-state index in [1.165, 1.54) is 5.56 Å². The first-order valence-corrected chi connectivity index (χ1v) is 5.65. The fraction of sp³-hybridized carbons (Fsp3) is 0.455. The van der Waals surface area contributed by atoms with E-state index in [0.29, 0.717) is 6.04 Å². The molecule has 2 unspecified atom stereocenters. The van der Waals surface area contributed by atoms with Crippen molar-refractivity contribution in [1.82, 2.24) is 5.32 Å². The molecule has 1 heterocycles. The predicted molar refractivity (Wildman–Crippen MR) is 60.3 cm³/mol. The Morgan fingerprint density at radius 3 is 3.00 bits per heavy atom. The lowest BCUT2D eigenvalue weighted by Gasteiger charge is -2.28. The van der Waals surface area contributed by atoms with Crippen molar-refractivity contribution in [1.29, 1.82) is 0 Å². The van der Waals surface area contributed by atoms with Crippen LogP contribution in [0.25, 0.3) is 0 Å². The van der Waals surface area contributed by atoms with Gasteiger partial charge in [-0.05, 0) is 24.6 Å². The minimum atomic E-state index is 0.198. The Morgan fingerprint density at radius 2 is 2.36 bits per heavy atom. The summed E-state index contributed by atoms with van der Waals surface area (Å²) in [6, 6.07) is 8.76. The molecule has 1 N–H and O–H groups in total. The summed E-state index contributed by atoms with van der Waals surface area (Å²) in [6.45, 7) is 3.83. The lowest BCUT2D eigenvalue weighted by molar-refractivity contribution is 0.00692. The van der Waals surface area contributed by atoms with Gasteiger partial charge < -0.3 is 10.1 Å². The number of morpholine rings is 1. The van der Waals surface area contributed by atoms with Gasteiger partial charge in [0.05, 0.1) is 12.7 Å². The molecule has 2 rings (SSSR count). The Hall–Kier alpha value is -0.380. The average molecular weight is 256 g/mol. The molecule has 1 aromatic carbocycles. The number of ether oxygens (including phenoxy) is 1. The van der Waals surface area contributed by atoms with E-state index in [4.69, 9.17) is 4.74 Å². The summed E-state index contributed by atoms with van der Waals surface area (Å²) in [5.74, 6) is 0. The topological polar surface area (TPSA) is 21.3 Å². The predicted octanol–water partition coefficient (Wildman–Crippen LogP) is 2.50. The second-order valence-electron chi connectivity index (χ2n) is 3.69. The summed E-state index contributed by atoms with van der Waals surface area (Å²) in [6.07, 6.45) is 0.198. The third kappa shape index (κ3) is 2.35. The first-order valence-electron chi connectivity index (χ1n) is 4.86. The van der Waals surface area contributed by atoms with Crippen LogP contribution in [0.1, 0.15) is 18.6 Å². The first-order chi connectivity index (χ1) is 6.75. The summed E-state index contributed by atoms with van der Waals surface area (Å²) >= 11 is 3.46. The molecule has 0 spiro atoms.